The number of amides is 3. The predicted octanol–water partition coefficient (Wildman–Crippen LogP) is 3.32. The van der Waals surface area contributed by atoms with Crippen LogP contribution in [0.15, 0.2) is 24.3 Å². The van der Waals surface area contributed by atoms with E-state index in [9.17, 15) is 22.8 Å². The number of piperidine rings is 1. The molecule has 1 aliphatic rings. The van der Waals surface area contributed by atoms with E-state index in [1.165, 1.54) is 0 Å². The Morgan fingerprint density at radius 3 is 2.28 bits per heavy atom. The lowest BCUT2D eigenvalue weighted by atomic mass is 9.89. The minimum absolute atomic E-state index is 0.0871. The molecule has 1 aliphatic heterocycles. The van der Waals surface area contributed by atoms with Crippen molar-refractivity contribution in [3.05, 3.63) is 29.8 Å². The fraction of sp³-hybridized carbons (Fsp3) is 0.500. The van der Waals surface area contributed by atoms with Gasteiger partial charge in [-0.3, -0.25) is 4.79 Å². The van der Waals surface area contributed by atoms with Crippen LogP contribution in [-0.4, -0.2) is 48.5 Å². The van der Waals surface area contributed by atoms with Gasteiger partial charge in [0.2, 0.25) is 0 Å². The lowest BCUT2D eigenvalue weighted by molar-refractivity contribution is -0.186. The number of hydrogen-bond donors (Lipinski definition) is 2. The van der Waals surface area contributed by atoms with Crippen LogP contribution in [0.5, 0.6) is 0 Å². The van der Waals surface area contributed by atoms with E-state index in [1.54, 1.807) is 12.1 Å². The Morgan fingerprint density at radius 2 is 1.76 bits per heavy atom. The van der Waals surface area contributed by atoms with Gasteiger partial charge in [-0.1, -0.05) is 12.1 Å². The highest BCUT2D eigenvalue weighted by atomic mass is 35.5. The SMILES string of the molecule is O=C(NCCCl)Nc1ccc(C2CCN(C(=O)C(F)(F)F)CC2)cc1. The number of rotatable bonds is 4. The first kappa shape index (κ1) is 19.4. The molecule has 5 nitrogen and oxygen atoms in total. The molecule has 3 amide bonds. The van der Waals surface area contributed by atoms with E-state index in [1.807, 2.05) is 12.1 Å². The third-order valence-electron chi connectivity index (χ3n) is 4.04. The molecule has 1 aromatic rings. The molecular formula is C16H19ClF3N3O2. The van der Waals surface area contributed by atoms with Gasteiger partial charge in [-0.25, -0.2) is 4.79 Å². The van der Waals surface area contributed by atoms with Gasteiger partial charge in [-0.05, 0) is 36.5 Å². The van der Waals surface area contributed by atoms with Gasteiger partial charge in [0.25, 0.3) is 0 Å². The number of benzene rings is 1. The molecule has 0 unspecified atom stereocenters. The second kappa shape index (κ2) is 8.42. The molecule has 1 aromatic carbocycles. The third kappa shape index (κ3) is 5.52. The van der Waals surface area contributed by atoms with Crippen molar-refractivity contribution in [1.82, 2.24) is 10.2 Å². The number of alkyl halides is 4. The summed E-state index contributed by atoms with van der Waals surface area (Å²) in [6, 6.07) is 6.80. The number of halogens is 4. The maximum Gasteiger partial charge on any atom is 0.471 e. The van der Waals surface area contributed by atoms with E-state index in [2.05, 4.69) is 10.6 Å². The zero-order valence-corrected chi connectivity index (χ0v) is 14.2. The number of nitrogens with one attached hydrogen (secondary N) is 2. The number of carbonyl (C=O) groups excluding carboxylic acids is 2. The van der Waals surface area contributed by atoms with E-state index in [0.29, 0.717) is 31.0 Å². The van der Waals surface area contributed by atoms with Crippen molar-refractivity contribution >= 4 is 29.2 Å². The highest BCUT2D eigenvalue weighted by molar-refractivity contribution is 6.18. The average Bonchev–Trinajstić information content (AvgIpc) is 2.59. The molecular weight excluding hydrogens is 359 g/mol. The van der Waals surface area contributed by atoms with Crippen molar-refractivity contribution in [1.29, 1.82) is 0 Å². The molecule has 0 bridgehead atoms. The number of nitrogens with zero attached hydrogens (tertiary/aromatic N) is 1. The van der Waals surface area contributed by atoms with E-state index >= 15 is 0 Å². The monoisotopic (exact) mass is 377 g/mol. The number of urea groups is 1. The summed E-state index contributed by atoms with van der Waals surface area (Å²) >= 11 is 5.48. The Bertz CT molecular complexity index is 600. The number of hydrogen-bond acceptors (Lipinski definition) is 2. The molecule has 0 radical (unpaired) electrons. The summed E-state index contributed by atoms with van der Waals surface area (Å²) in [6.07, 6.45) is -3.86. The average molecular weight is 378 g/mol. The maximum atomic E-state index is 12.4. The van der Waals surface area contributed by atoms with Gasteiger partial charge in [-0.2, -0.15) is 13.2 Å². The van der Waals surface area contributed by atoms with Crippen molar-refractivity contribution in [3.63, 3.8) is 0 Å². The van der Waals surface area contributed by atoms with Crippen LogP contribution < -0.4 is 10.6 Å². The molecule has 0 spiro atoms. The molecule has 9 heteroatoms. The van der Waals surface area contributed by atoms with Crippen molar-refractivity contribution in [2.75, 3.05) is 30.8 Å². The van der Waals surface area contributed by atoms with Gasteiger partial charge in [-0.15, -0.1) is 11.6 Å². The van der Waals surface area contributed by atoms with Crippen LogP contribution in [0.3, 0.4) is 0 Å². The van der Waals surface area contributed by atoms with Gasteiger partial charge in [0.15, 0.2) is 0 Å². The zero-order valence-electron chi connectivity index (χ0n) is 13.4. The first-order chi connectivity index (χ1) is 11.8. The smallest absolute Gasteiger partial charge is 0.337 e. The normalized spacial score (nSPS) is 15.8. The van der Waals surface area contributed by atoms with Crippen LogP contribution in [-0.2, 0) is 4.79 Å². The standard InChI is InChI=1S/C16H19ClF3N3O2/c17-7-8-21-15(25)22-13-3-1-11(2-4-13)12-5-9-23(10-6-12)14(24)16(18,19)20/h1-4,12H,5-10H2,(H2,21,22,25). The Morgan fingerprint density at radius 1 is 1.16 bits per heavy atom. The van der Waals surface area contributed by atoms with E-state index in [-0.39, 0.29) is 25.0 Å². The first-order valence-electron chi connectivity index (χ1n) is 7.88. The lowest BCUT2D eigenvalue weighted by Gasteiger charge is -2.32. The predicted molar refractivity (Wildman–Crippen MR) is 88.8 cm³/mol. The van der Waals surface area contributed by atoms with Gasteiger partial charge < -0.3 is 15.5 Å². The highest BCUT2D eigenvalue weighted by Gasteiger charge is 2.43. The summed E-state index contributed by atoms with van der Waals surface area (Å²) in [5.41, 5.74) is 1.59. The summed E-state index contributed by atoms with van der Waals surface area (Å²) in [4.78, 5) is 23.6. The van der Waals surface area contributed by atoms with E-state index in [0.717, 1.165) is 10.5 Å². The Hall–Kier alpha value is -1.96. The second-order valence-electron chi connectivity index (χ2n) is 5.76. The van der Waals surface area contributed by atoms with Gasteiger partial charge in [0, 0.05) is 31.2 Å². The van der Waals surface area contributed by atoms with Gasteiger partial charge in [0.05, 0.1) is 0 Å². The summed E-state index contributed by atoms with van der Waals surface area (Å²) < 4.78 is 37.3. The van der Waals surface area contributed by atoms with E-state index < -0.39 is 12.1 Å². The van der Waals surface area contributed by atoms with Gasteiger partial charge in [0.1, 0.15) is 0 Å². The summed E-state index contributed by atoms with van der Waals surface area (Å²) in [5, 5.41) is 5.23. The molecule has 1 heterocycles. The Labute approximate surface area is 148 Å². The molecule has 1 fully saturated rings. The molecule has 2 N–H and O–H groups in total. The fourth-order valence-electron chi connectivity index (χ4n) is 2.77. The van der Waals surface area contributed by atoms with Crippen LogP contribution in [0, 0.1) is 0 Å². The van der Waals surface area contributed by atoms with Crippen LogP contribution in [0.25, 0.3) is 0 Å². The maximum absolute atomic E-state index is 12.4. The quantitative estimate of drug-likeness (QED) is 0.791. The molecule has 0 atom stereocenters. The molecule has 1 saturated heterocycles. The van der Waals surface area contributed by atoms with Crippen molar-refractivity contribution in [2.24, 2.45) is 0 Å². The Balaban J connectivity index is 1.87. The molecule has 25 heavy (non-hydrogen) atoms. The topological polar surface area (TPSA) is 61.4 Å². The van der Waals surface area contributed by atoms with Crippen molar-refractivity contribution < 1.29 is 22.8 Å². The lowest BCUT2D eigenvalue weighted by Crippen LogP contribution is -2.45. The fourth-order valence-corrected chi connectivity index (χ4v) is 2.86. The zero-order chi connectivity index (χ0) is 18.4. The van der Waals surface area contributed by atoms with Crippen LogP contribution >= 0.6 is 11.6 Å². The number of carbonyl (C=O) groups is 2. The van der Waals surface area contributed by atoms with Crippen LogP contribution in [0.1, 0.15) is 24.3 Å². The Kier molecular flexibility index (Phi) is 6.52. The highest BCUT2D eigenvalue weighted by Crippen LogP contribution is 2.30. The number of anilines is 1. The molecule has 0 aliphatic carbocycles. The minimum Gasteiger partial charge on any atom is -0.337 e. The molecule has 0 aromatic heterocycles. The minimum atomic E-state index is -4.82. The molecule has 0 saturated carbocycles. The number of likely N-dealkylation sites (tertiary alicyclic amines) is 1. The van der Waals surface area contributed by atoms with Crippen LogP contribution in [0.4, 0.5) is 23.7 Å². The summed E-state index contributed by atoms with van der Waals surface area (Å²) in [5.74, 6) is -1.35. The molecule has 2 rings (SSSR count). The van der Waals surface area contributed by atoms with Gasteiger partial charge >= 0.3 is 18.1 Å². The van der Waals surface area contributed by atoms with Crippen molar-refractivity contribution in [3.8, 4) is 0 Å². The largest absolute Gasteiger partial charge is 0.471 e. The van der Waals surface area contributed by atoms with E-state index in [4.69, 9.17) is 11.6 Å². The summed E-state index contributed by atoms with van der Waals surface area (Å²) in [7, 11) is 0. The first-order valence-corrected chi connectivity index (χ1v) is 8.41. The van der Waals surface area contributed by atoms with Crippen molar-refractivity contribution in [2.45, 2.75) is 24.9 Å². The molecule has 138 valence electrons. The third-order valence-corrected chi connectivity index (χ3v) is 4.23. The summed E-state index contributed by atoms with van der Waals surface area (Å²) in [6.45, 7) is 0.536. The van der Waals surface area contributed by atoms with Crippen LogP contribution in [0.2, 0.25) is 0 Å². The second-order valence-corrected chi connectivity index (χ2v) is 6.13.